The van der Waals surface area contributed by atoms with Gasteiger partial charge < -0.3 is 4.90 Å². The van der Waals surface area contributed by atoms with Gasteiger partial charge in [-0.3, -0.25) is 4.84 Å². The molecule has 2 N–H and O–H groups in total. The highest BCUT2D eigenvalue weighted by Crippen LogP contribution is 2.36. The van der Waals surface area contributed by atoms with Crippen molar-refractivity contribution < 1.29 is 4.84 Å². The highest BCUT2D eigenvalue weighted by Gasteiger charge is 2.24. The maximum atomic E-state index is 5.08. The van der Waals surface area contributed by atoms with E-state index >= 15 is 0 Å². The van der Waals surface area contributed by atoms with E-state index in [9.17, 15) is 0 Å². The summed E-state index contributed by atoms with van der Waals surface area (Å²) in [7, 11) is 0. The Labute approximate surface area is 90.8 Å². The number of likely N-dealkylation sites (N-methyl/N-ethyl adjacent to an activating group) is 1. The van der Waals surface area contributed by atoms with E-state index < -0.39 is 0 Å². The van der Waals surface area contributed by atoms with Crippen LogP contribution in [-0.2, 0) is 11.4 Å². The van der Waals surface area contributed by atoms with Crippen LogP contribution in [0.2, 0.25) is 0 Å². The van der Waals surface area contributed by atoms with E-state index in [0.717, 1.165) is 18.7 Å². The zero-order valence-electron chi connectivity index (χ0n) is 9.36. The van der Waals surface area contributed by atoms with E-state index in [4.69, 9.17) is 5.90 Å². The molecule has 1 unspecified atom stereocenters. The Balaban J connectivity index is 2.32. The first kappa shape index (κ1) is 10.5. The van der Waals surface area contributed by atoms with Gasteiger partial charge >= 0.3 is 0 Å². The minimum absolute atomic E-state index is 0.492. The van der Waals surface area contributed by atoms with Gasteiger partial charge in [0.05, 0.1) is 6.61 Å². The summed E-state index contributed by atoms with van der Waals surface area (Å²) in [6, 6.07) is 6.48. The van der Waals surface area contributed by atoms with Crippen LogP contribution in [0.25, 0.3) is 0 Å². The maximum Gasteiger partial charge on any atom is 0.0930 e. The van der Waals surface area contributed by atoms with Crippen molar-refractivity contribution in [3.05, 3.63) is 29.3 Å². The fourth-order valence-electron chi connectivity index (χ4n) is 2.30. The van der Waals surface area contributed by atoms with Crippen LogP contribution in [-0.4, -0.2) is 13.1 Å². The monoisotopic (exact) mass is 206 g/mol. The van der Waals surface area contributed by atoms with E-state index in [1.54, 1.807) is 0 Å². The average molecular weight is 206 g/mol. The highest BCUT2D eigenvalue weighted by molar-refractivity contribution is 5.60. The lowest BCUT2D eigenvalue weighted by atomic mass is 10.0. The summed E-state index contributed by atoms with van der Waals surface area (Å²) in [5, 5.41) is 0. The Morgan fingerprint density at radius 3 is 3.00 bits per heavy atom. The molecular weight excluding hydrogens is 188 g/mol. The van der Waals surface area contributed by atoms with Crippen molar-refractivity contribution in [2.45, 2.75) is 26.4 Å². The molecule has 1 aliphatic heterocycles. The Kier molecular flexibility index (Phi) is 2.93. The number of rotatable bonds is 3. The van der Waals surface area contributed by atoms with E-state index in [0.29, 0.717) is 12.5 Å². The van der Waals surface area contributed by atoms with Crippen molar-refractivity contribution in [1.29, 1.82) is 0 Å². The lowest BCUT2D eigenvalue weighted by Gasteiger charge is -2.16. The summed E-state index contributed by atoms with van der Waals surface area (Å²) in [6.07, 6.45) is 0. The number of benzene rings is 1. The molecule has 0 saturated heterocycles. The summed E-state index contributed by atoms with van der Waals surface area (Å²) in [5.41, 5.74) is 3.94. The second-order valence-corrected chi connectivity index (χ2v) is 4.14. The van der Waals surface area contributed by atoms with E-state index in [2.05, 4.69) is 41.8 Å². The number of hydrogen-bond acceptors (Lipinski definition) is 3. The van der Waals surface area contributed by atoms with Crippen LogP contribution in [0.3, 0.4) is 0 Å². The lowest BCUT2D eigenvalue weighted by Crippen LogP contribution is -2.20. The van der Waals surface area contributed by atoms with Crippen molar-refractivity contribution in [1.82, 2.24) is 0 Å². The van der Waals surface area contributed by atoms with Crippen LogP contribution in [0.4, 0.5) is 5.69 Å². The molecule has 0 aliphatic carbocycles. The molecule has 15 heavy (non-hydrogen) atoms. The van der Waals surface area contributed by atoms with Crippen LogP contribution in [0.5, 0.6) is 0 Å². The van der Waals surface area contributed by atoms with Crippen molar-refractivity contribution in [3.8, 4) is 0 Å². The predicted molar refractivity (Wildman–Crippen MR) is 61.7 cm³/mol. The molecule has 0 aromatic heterocycles. The molecule has 1 atom stereocenters. The molecule has 0 saturated carbocycles. The van der Waals surface area contributed by atoms with E-state index in [1.807, 2.05) is 0 Å². The van der Waals surface area contributed by atoms with Crippen LogP contribution < -0.4 is 10.8 Å². The van der Waals surface area contributed by atoms with Crippen LogP contribution in [0.15, 0.2) is 18.2 Å². The first-order chi connectivity index (χ1) is 7.26. The van der Waals surface area contributed by atoms with Gasteiger partial charge in [0.1, 0.15) is 0 Å². The summed E-state index contributed by atoms with van der Waals surface area (Å²) in [5.74, 6) is 5.69. The Bertz CT molecular complexity index is 351. The molecule has 1 aromatic carbocycles. The Morgan fingerprint density at radius 2 is 2.33 bits per heavy atom. The third-order valence-electron chi connectivity index (χ3n) is 3.09. The van der Waals surface area contributed by atoms with Gasteiger partial charge in [0.2, 0.25) is 0 Å². The molecule has 1 heterocycles. The molecular formula is C12H18N2O. The molecule has 1 aromatic rings. The molecule has 3 nitrogen and oxygen atoms in total. The highest BCUT2D eigenvalue weighted by atomic mass is 16.6. The van der Waals surface area contributed by atoms with Gasteiger partial charge in [-0.2, -0.15) is 0 Å². The molecule has 82 valence electrons. The van der Waals surface area contributed by atoms with Gasteiger partial charge in [-0.15, -0.1) is 0 Å². The SMILES string of the molecule is CCN1CC(C)c2cc(CON)ccc21. The minimum atomic E-state index is 0.492. The zero-order valence-corrected chi connectivity index (χ0v) is 9.36. The largest absolute Gasteiger partial charge is 0.371 e. The number of nitrogens with zero attached hydrogens (tertiary/aromatic N) is 1. The summed E-state index contributed by atoms with van der Waals surface area (Å²) in [6.45, 7) is 7.15. The third-order valence-corrected chi connectivity index (χ3v) is 3.09. The Hall–Kier alpha value is -1.06. The fraction of sp³-hybridized carbons (Fsp3) is 0.500. The minimum Gasteiger partial charge on any atom is -0.371 e. The van der Waals surface area contributed by atoms with Crippen molar-refractivity contribution in [2.24, 2.45) is 5.90 Å². The molecule has 0 amide bonds. The van der Waals surface area contributed by atoms with Crippen LogP contribution >= 0.6 is 0 Å². The van der Waals surface area contributed by atoms with Crippen molar-refractivity contribution >= 4 is 5.69 Å². The van der Waals surface area contributed by atoms with Gasteiger partial charge in [-0.25, -0.2) is 5.90 Å². The van der Waals surface area contributed by atoms with Gasteiger partial charge in [0.15, 0.2) is 0 Å². The van der Waals surface area contributed by atoms with Crippen LogP contribution in [0.1, 0.15) is 30.9 Å². The fourth-order valence-corrected chi connectivity index (χ4v) is 2.30. The summed E-state index contributed by atoms with van der Waals surface area (Å²) < 4.78 is 0. The predicted octanol–water partition coefficient (Wildman–Crippen LogP) is 2.02. The summed E-state index contributed by atoms with van der Waals surface area (Å²) in [4.78, 5) is 7.07. The zero-order chi connectivity index (χ0) is 10.8. The van der Waals surface area contributed by atoms with E-state index in [-0.39, 0.29) is 0 Å². The quantitative estimate of drug-likeness (QED) is 0.769. The Morgan fingerprint density at radius 1 is 1.53 bits per heavy atom. The molecule has 1 aliphatic rings. The first-order valence-electron chi connectivity index (χ1n) is 5.45. The molecule has 0 fully saturated rings. The number of hydrogen-bond donors (Lipinski definition) is 1. The van der Waals surface area contributed by atoms with Gasteiger partial charge in [0, 0.05) is 24.7 Å². The molecule has 2 rings (SSSR count). The summed E-state index contributed by atoms with van der Waals surface area (Å²) >= 11 is 0. The standard InChI is InChI=1S/C12H18N2O/c1-3-14-7-9(2)11-6-10(8-15-13)4-5-12(11)14/h4-6,9H,3,7-8,13H2,1-2H3. The van der Waals surface area contributed by atoms with Gasteiger partial charge in [-0.05, 0) is 24.1 Å². The molecule has 0 spiro atoms. The topological polar surface area (TPSA) is 38.5 Å². The maximum absolute atomic E-state index is 5.08. The normalized spacial score (nSPS) is 19.4. The number of fused-ring (bicyclic) bond motifs is 1. The van der Waals surface area contributed by atoms with Gasteiger partial charge in [0.25, 0.3) is 0 Å². The lowest BCUT2D eigenvalue weighted by molar-refractivity contribution is 0.124. The molecule has 0 bridgehead atoms. The van der Waals surface area contributed by atoms with Crippen molar-refractivity contribution in [2.75, 3.05) is 18.0 Å². The number of anilines is 1. The number of nitrogens with two attached hydrogens (primary N) is 1. The van der Waals surface area contributed by atoms with Crippen molar-refractivity contribution in [3.63, 3.8) is 0 Å². The average Bonchev–Trinajstić information content (AvgIpc) is 2.56. The smallest absolute Gasteiger partial charge is 0.0930 e. The first-order valence-corrected chi connectivity index (χ1v) is 5.45. The molecule has 3 heteroatoms. The second-order valence-electron chi connectivity index (χ2n) is 4.14. The van der Waals surface area contributed by atoms with Gasteiger partial charge in [-0.1, -0.05) is 19.1 Å². The second kappa shape index (κ2) is 4.21. The van der Waals surface area contributed by atoms with Crippen LogP contribution in [0, 0.1) is 0 Å². The third kappa shape index (κ3) is 1.85. The molecule has 0 radical (unpaired) electrons. The van der Waals surface area contributed by atoms with E-state index in [1.165, 1.54) is 11.3 Å².